The van der Waals surface area contributed by atoms with Crippen LogP contribution in [0.1, 0.15) is 18.1 Å². The Hall–Kier alpha value is -2.93. The van der Waals surface area contributed by atoms with E-state index in [-0.39, 0.29) is 5.88 Å². The van der Waals surface area contributed by atoms with Crippen molar-refractivity contribution in [2.24, 2.45) is 17.2 Å². The third-order valence-corrected chi connectivity index (χ3v) is 4.89. The summed E-state index contributed by atoms with van der Waals surface area (Å²) in [6.45, 7) is 1.29. The molecule has 0 bridgehead atoms. The Morgan fingerprint density at radius 2 is 2.00 bits per heavy atom. The second-order valence-electron chi connectivity index (χ2n) is 5.89. The van der Waals surface area contributed by atoms with Gasteiger partial charge in [0.05, 0.1) is 16.8 Å². The summed E-state index contributed by atoms with van der Waals surface area (Å²) in [6.07, 6.45) is 0. The molecule has 1 aliphatic heterocycles. The van der Waals surface area contributed by atoms with Gasteiger partial charge in [0.15, 0.2) is 0 Å². The van der Waals surface area contributed by atoms with Gasteiger partial charge in [-0.05, 0) is 28.1 Å². The van der Waals surface area contributed by atoms with Crippen LogP contribution in [0.5, 0.6) is 5.88 Å². The Labute approximate surface area is 157 Å². The van der Waals surface area contributed by atoms with Gasteiger partial charge in [-0.3, -0.25) is 0 Å². The molecule has 0 atom stereocenters. The molecule has 0 saturated heterocycles. The average Bonchev–Trinajstić information content (AvgIpc) is 3.09. The Morgan fingerprint density at radius 3 is 2.77 bits per heavy atom. The van der Waals surface area contributed by atoms with Crippen molar-refractivity contribution >= 4 is 49.9 Å². The fourth-order valence-electron chi connectivity index (χ4n) is 3.13. The molecule has 2 aromatic carbocycles. The minimum Gasteiger partial charge on any atom is -0.494 e. The topological polar surface area (TPSA) is 76.2 Å². The Bertz CT molecular complexity index is 1130. The number of fused-ring (bicyclic) bond motifs is 2. The number of nitrogens with zero attached hydrogens (tertiary/aromatic N) is 3. The normalized spacial score (nSPS) is 14.6. The summed E-state index contributed by atoms with van der Waals surface area (Å²) in [5, 5.41) is 15.6. The second-order valence-corrected chi connectivity index (χ2v) is 6.75. The van der Waals surface area contributed by atoms with E-state index in [1.807, 2.05) is 42.5 Å². The molecule has 0 unspecified atom stereocenters. The fraction of sp³-hybridized carbons (Fsp3) is 0.105. The average molecular weight is 412 g/mol. The van der Waals surface area contributed by atoms with Crippen LogP contribution in [-0.2, 0) is 16.7 Å². The molecule has 1 aromatic heterocycles. The lowest BCUT2D eigenvalue weighted by atomic mass is 10.0. The standard InChI is InChI=1S/C19H14BrN3O3/c1-10(24)26-22-16-11-6-3-4-9-14(11)21-17(16)15-12-7-5-8-13(20)18(12)23(2)19(15)25/h3-9,25H,1-2H3/b22-16+. The zero-order valence-electron chi connectivity index (χ0n) is 14.0. The van der Waals surface area contributed by atoms with Crippen molar-refractivity contribution in [2.75, 3.05) is 0 Å². The molecule has 0 fully saturated rings. The lowest BCUT2D eigenvalue weighted by Crippen LogP contribution is -2.14. The van der Waals surface area contributed by atoms with Crippen molar-refractivity contribution in [3.8, 4) is 5.88 Å². The van der Waals surface area contributed by atoms with Crippen molar-refractivity contribution in [2.45, 2.75) is 6.92 Å². The van der Waals surface area contributed by atoms with Crippen LogP contribution in [0, 0.1) is 0 Å². The molecule has 1 aliphatic rings. The van der Waals surface area contributed by atoms with Crippen molar-refractivity contribution in [3.05, 3.63) is 58.1 Å². The highest BCUT2D eigenvalue weighted by Gasteiger charge is 2.30. The van der Waals surface area contributed by atoms with E-state index >= 15 is 0 Å². The summed E-state index contributed by atoms with van der Waals surface area (Å²) in [6, 6.07) is 13.1. The lowest BCUT2D eigenvalue weighted by molar-refractivity contribution is -0.140. The molecule has 0 spiro atoms. The van der Waals surface area contributed by atoms with Crippen molar-refractivity contribution in [1.29, 1.82) is 0 Å². The first-order valence-electron chi connectivity index (χ1n) is 7.89. The molecule has 3 aromatic rings. The number of benzene rings is 2. The number of rotatable bonds is 2. The van der Waals surface area contributed by atoms with E-state index in [1.165, 1.54) is 6.92 Å². The predicted octanol–water partition coefficient (Wildman–Crippen LogP) is 4.05. The van der Waals surface area contributed by atoms with Crippen molar-refractivity contribution in [1.82, 2.24) is 4.57 Å². The van der Waals surface area contributed by atoms with Crippen LogP contribution < -0.4 is 0 Å². The van der Waals surface area contributed by atoms with Gasteiger partial charge in [0.1, 0.15) is 11.4 Å². The van der Waals surface area contributed by atoms with Gasteiger partial charge in [-0.2, -0.15) is 0 Å². The maximum atomic E-state index is 11.3. The zero-order chi connectivity index (χ0) is 18.4. The number of aliphatic imine (C=N–C) groups is 1. The van der Waals surface area contributed by atoms with Crippen LogP contribution in [0.25, 0.3) is 10.9 Å². The van der Waals surface area contributed by atoms with E-state index < -0.39 is 5.97 Å². The smallest absolute Gasteiger partial charge is 0.332 e. The minimum atomic E-state index is -0.522. The Balaban J connectivity index is 2.00. The highest BCUT2D eigenvalue weighted by molar-refractivity contribution is 9.10. The third-order valence-electron chi connectivity index (χ3n) is 4.25. The van der Waals surface area contributed by atoms with E-state index in [1.54, 1.807) is 11.6 Å². The van der Waals surface area contributed by atoms with Crippen LogP contribution in [0.15, 0.2) is 57.1 Å². The van der Waals surface area contributed by atoms with Crippen molar-refractivity contribution in [3.63, 3.8) is 0 Å². The fourth-order valence-corrected chi connectivity index (χ4v) is 3.77. The van der Waals surface area contributed by atoms with Crippen LogP contribution in [-0.4, -0.2) is 27.1 Å². The van der Waals surface area contributed by atoms with E-state index in [4.69, 9.17) is 4.84 Å². The Morgan fingerprint density at radius 1 is 1.23 bits per heavy atom. The van der Waals surface area contributed by atoms with Crippen LogP contribution in [0.4, 0.5) is 5.69 Å². The molecule has 0 saturated carbocycles. The number of carbonyl (C=O) groups excluding carboxylic acids is 1. The molecule has 0 amide bonds. The monoisotopic (exact) mass is 411 g/mol. The number of carbonyl (C=O) groups is 1. The summed E-state index contributed by atoms with van der Waals surface area (Å²) in [7, 11) is 1.78. The quantitative estimate of drug-likeness (QED) is 0.510. The molecule has 2 heterocycles. The van der Waals surface area contributed by atoms with Crippen molar-refractivity contribution < 1.29 is 14.7 Å². The first-order valence-corrected chi connectivity index (χ1v) is 8.68. The summed E-state index contributed by atoms with van der Waals surface area (Å²) >= 11 is 3.53. The molecular weight excluding hydrogens is 398 g/mol. The molecule has 130 valence electrons. The minimum absolute atomic E-state index is 0.0639. The number of hydrogen-bond donors (Lipinski definition) is 1. The van der Waals surface area contributed by atoms with Gasteiger partial charge in [0.25, 0.3) is 0 Å². The lowest BCUT2D eigenvalue weighted by Gasteiger charge is -2.04. The van der Waals surface area contributed by atoms with Crippen LogP contribution in [0.2, 0.25) is 0 Å². The maximum Gasteiger partial charge on any atom is 0.332 e. The number of halogens is 1. The highest BCUT2D eigenvalue weighted by atomic mass is 79.9. The number of para-hydroxylation sites is 2. The number of aromatic hydroxyl groups is 1. The third kappa shape index (κ3) is 2.43. The molecule has 7 heteroatoms. The Kier molecular flexibility index (Phi) is 3.88. The number of oxime groups is 1. The molecule has 0 radical (unpaired) electrons. The summed E-state index contributed by atoms with van der Waals surface area (Å²) in [4.78, 5) is 20.8. The van der Waals surface area contributed by atoms with Gasteiger partial charge in [-0.1, -0.05) is 35.5 Å². The summed E-state index contributed by atoms with van der Waals surface area (Å²) in [5.74, 6) is -0.458. The SMILES string of the molecule is CC(=O)O/N=C1/C(c2c(O)n(C)c3c(Br)cccc23)=Nc2ccccc21. The molecule has 4 rings (SSSR count). The van der Waals surface area contributed by atoms with E-state index in [0.29, 0.717) is 22.7 Å². The van der Waals surface area contributed by atoms with E-state index in [2.05, 4.69) is 26.1 Å². The first kappa shape index (κ1) is 16.5. The van der Waals surface area contributed by atoms with Gasteiger partial charge in [-0.25, -0.2) is 9.79 Å². The van der Waals surface area contributed by atoms with Gasteiger partial charge >= 0.3 is 5.97 Å². The second kappa shape index (κ2) is 6.10. The summed E-state index contributed by atoms with van der Waals surface area (Å²) < 4.78 is 2.54. The molecular formula is C19H14BrN3O3. The van der Waals surface area contributed by atoms with Gasteiger partial charge in [-0.15, -0.1) is 0 Å². The maximum absolute atomic E-state index is 11.3. The molecule has 1 N–H and O–H groups in total. The van der Waals surface area contributed by atoms with E-state index in [9.17, 15) is 9.90 Å². The highest BCUT2D eigenvalue weighted by Crippen LogP contribution is 2.39. The molecule has 0 aliphatic carbocycles. The van der Waals surface area contributed by atoms with Gasteiger partial charge in [0, 0.05) is 29.4 Å². The summed E-state index contributed by atoms with van der Waals surface area (Å²) in [5.41, 5.74) is 3.72. The van der Waals surface area contributed by atoms with Gasteiger partial charge in [0.2, 0.25) is 5.88 Å². The van der Waals surface area contributed by atoms with Crippen LogP contribution in [0.3, 0.4) is 0 Å². The number of hydrogen-bond acceptors (Lipinski definition) is 5. The first-order chi connectivity index (χ1) is 12.5. The molecule has 26 heavy (non-hydrogen) atoms. The predicted molar refractivity (Wildman–Crippen MR) is 103 cm³/mol. The van der Waals surface area contributed by atoms with E-state index in [0.717, 1.165) is 20.9 Å². The van der Waals surface area contributed by atoms with Crippen LogP contribution >= 0.6 is 15.9 Å². The number of aryl methyl sites for hydroxylation is 1. The zero-order valence-corrected chi connectivity index (χ0v) is 15.6. The number of aromatic nitrogens is 1. The largest absolute Gasteiger partial charge is 0.494 e. The van der Waals surface area contributed by atoms with Gasteiger partial charge < -0.3 is 14.5 Å². The molecule has 6 nitrogen and oxygen atoms in total.